The minimum Gasteiger partial charge on any atom is -0.383 e. The average Bonchev–Trinajstić information content (AvgIpc) is 2.70. The predicted molar refractivity (Wildman–Crippen MR) is 83.6 cm³/mol. The summed E-state index contributed by atoms with van der Waals surface area (Å²) in [5.74, 6) is 0. The fourth-order valence-corrected chi connectivity index (χ4v) is 3.13. The van der Waals surface area contributed by atoms with Crippen LogP contribution in [0.4, 0.5) is 11.4 Å². The minimum atomic E-state index is 0.329. The van der Waals surface area contributed by atoms with E-state index in [-0.39, 0.29) is 0 Å². The summed E-state index contributed by atoms with van der Waals surface area (Å²) in [5.41, 5.74) is 2.58. The van der Waals surface area contributed by atoms with Crippen LogP contribution in [-0.2, 0) is 4.74 Å². The summed E-state index contributed by atoms with van der Waals surface area (Å²) in [6.45, 7) is 9.51. The SMILES string of the molecule is CCN1CCOC(CN2CCCNc3ccccc32)C1. The number of nitrogens with zero attached hydrogens (tertiary/aromatic N) is 2. The van der Waals surface area contributed by atoms with Crippen LogP contribution in [0.15, 0.2) is 24.3 Å². The van der Waals surface area contributed by atoms with Gasteiger partial charge in [-0.1, -0.05) is 19.1 Å². The maximum atomic E-state index is 5.96. The normalized spacial score (nSPS) is 23.9. The van der Waals surface area contributed by atoms with E-state index in [2.05, 4.69) is 46.3 Å². The molecule has 4 heteroatoms. The molecule has 0 aliphatic carbocycles. The van der Waals surface area contributed by atoms with Crippen molar-refractivity contribution in [3.63, 3.8) is 0 Å². The molecule has 1 unspecified atom stereocenters. The van der Waals surface area contributed by atoms with Crippen LogP contribution < -0.4 is 10.2 Å². The Morgan fingerprint density at radius 1 is 1.30 bits per heavy atom. The van der Waals surface area contributed by atoms with Crippen LogP contribution in [0.1, 0.15) is 13.3 Å². The van der Waals surface area contributed by atoms with E-state index in [0.29, 0.717) is 6.10 Å². The van der Waals surface area contributed by atoms with Gasteiger partial charge in [0.2, 0.25) is 0 Å². The van der Waals surface area contributed by atoms with Gasteiger partial charge in [-0.2, -0.15) is 0 Å². The van der Waals surface area contributed by atoms with Crippen molar-refractivity contribution >= 4 is 11.4 Å². The Hall–Kier alpha value is -1.26. The molecule has 20 heavy (non-hydrogen) atoms. The molecule has 110 valence electrons. The smallest absolute Gasteiger partial charge is 0.0877 e. The first-order valence-corrected chi connectivity index (χ1v) is 7.78. The summed E-state index contributed by atoms with van der Waals surface area (Å²) < 4.78 is 5.96. The van der Waals surface area contributed by atoms with E-state index in [9.17, 15) is 0 Å². The highest BCUT2D eigenvalue weighted by Gasteiger charge is 2.23. The van der Waals surface area contributed by atoms with E-state index >= 15 is 0 Å². The number of para-hydroxylation sites is 2. The maximum Gasteiger partial charge on any atom is 0.0877 e. The lowest BCUT2D eigenvalue weighted by Crippen LogP contribution is -2.47. The standard InChI is InChI=1S/C16H25N3O/c1-2-18-10-11-20-14(12-18)13-19-9-5-8-17-15-6-3-4-7-16(15)19/h3-4,6-7,14,17H,2,5,8-13H2,1H3. The molecule has 1 atom stereocenters. The third kappa shape index (κ3) is 3.07. The third-order valence-electron chi connectivity index (χ3n) is 4.26. The molecule has 1 fully saturated rings. The molecule has 1 aromatic rings. The lowest BCUT2D eigenvalue weighted by Gasteiger charge is -2.36. The predicted octanol–water partition coefficient (Wildman–Crippen LogP) is 2.03. The van der Waals surface area contributed by atoms with Crippen molar-refractivity contribution in [3.05, 3.63) is 24.3 Å². The number of fused-ring (bicyclic) bond motifs is 1. The molecule has 2 heterocycles. The maximum absolute atomic E-state index is 5.96. The highest BCUT2D eigenvalue weighted by atomic mass is 16.5. The number of rotatable bonds is 3. The van der Waals surface area contributed by atoms with Crippen molar-refractivity contribution in [3.8, 4) is 0 Å². The Bertz CT molecular complexity index is 437. The van der Waals surface area contributed by atoms with Crippen molar-refractivity contribution in [2.45, 2.75) is 19.4 Å². The van der Waals surface area contributed by atoms with Crippen LogP contribution in [0.25, 0.3) is 0 Å². The molecular weight excluding hydrogens is 250 g/mol. The molecule has 0 bridgehead atoms. The second-order valence-electron chi connectivity index (χ2n) is 5.63. The highest BCUT2D eigenvalue weighted by molar-refractivity contribution is 5.70. The van der Waals surface area contributed by atoms with Crippen LogP contribution in [0.2, 0.25) is 0 Å². The van der Waals surface area contributed by atoms with Crippen LogP contribution in [0, 0.1) is 0 Å². The first kappa shape index (κ1) is 13.7. The lowest BCUT2D eigenvalue weighted by atomic mass is 10.2. The third-order valence-corrected chi connectivity index (χ3v) is 4.26. The van der Waals surface area contributed by atoms with Gasteiger partial charge in [0.15, 0.2) is 0 Å². The zero-order valence-electron chi connectivity index (χ0n) is 12.3. The molecule has 4 nitrogen and oxygen atoms in total. The number of hydrogen-bond acceptors (Lipinski definition) is 4. The molecule has 1 N–H and O–H groups in total. The quantitative estimate of drug-likeness (QED) is 0.913. The Labute approximate surface area is 121 Å². The van der Waals surface area contributed by atoms with Crippen molar-refractivity contribution in [1.29, 1.82) is 0 Å². The molecular formula is C16H25N3O. The summed E-state index contributed by atoms with van der Waals surface area (Å²) in [7, 11) is 0. The topological polar surface area (TPSA) is 27.7 Å². The van der Waals surface area contributed by atoms with Gasteiger partial charge in [0, 0.05) is 32.7 Å². The first-order chi connectivity index (χ1) is 9.86. The van der Waals surface area contributed by atoms with Gasteiger partial charge < -0.3 is 15.0 Å². The fourth-order valence-electron chi connectivity index (χ4n) is 3.13. The average molecular weight is 275 g/mol. The van der Waals surface area contributed by atoms with Gasteiger partial charge in [-0.25, -0.2) is 0 Å². The summed E-state index contributed by atoms with van der Waals surface area (Å²) in [4.78, 5) is 4.97. The highest BCUT2D eigenvalue weighted by Crippen LogP contribution is 2.28. The molecule has 1 aromatic carbocycles. The molecule has 2 aliphatic heterocycles. The summed E-state index contributed by atoms with van der Waals surface area (Å²) in [6, 6.07) is 8.62. The fraction of sp³-hybridized carbons (Fsp3) is 0.625. The number of anilines is 2. The molecule has 0 saturated carbocycles. The van der Waals surface area contributed by atoms with E-state index in [1.807, 2.05) is 0 Å². The van der Waals surface area contributed by atoms with Gasteiger partial charge in [0.1, 0.15) is 0 Å². The molecule has 0 spiro atoms. The molecule has 1 saturated heterocycles. The van der Waals surface area contributed by atoms with E-state index in [4.69, 9.17) is 4.74 Å². The Kier molecular flexibility index (Phi) is 4.43. The van der Waals surface area contributed by atoms with Gasteiger partial charge in [0.05, 0.1) is 24.1 Å². The van der Waals surface area contributed by atoms with Gasteiger partial charge in [-0.3, -0.25) is 4.90 Å². The second-order valence-corrected chi connectivity index (χ2v) is 5.63. The van der Waals surface area contributed by atoms with Gasteiger partial charge in [-0.15, -0.1) is 0 Å². The van der Waals surface area contributed by atoms with Crippen molar-refractivity contribution in [1.82, 2.24) is 4.90 Å². The molecule has 0 radical (unpaired) electrons. The Morgan fingerprint density at radius 2 is 2.20 bits per heavy atom. The summed E-state index contributed by atoms with van der Waals surface area (Å²) >= 11 is 0. The second kappa shape index (κ2) is 6.46. The van der Waals surface area contributed by atoms with Crippen molar-refractivity contribution < 1.29 is 4.74 Å². The number of benzene rings is 1. The molecule has 0 amide bonds. The van der Waals surface area contributed by atoms with Gasteiger partial charge in [-0.05, 0) is 25.1 Å². The van der Waals surface area contributed by atoms with Crippen LogP contribution >= 0.6 is 0 Å². The zero-order chi connectivity index (χ0) is 13.8. The molecule has 2 aliphatic rings. The summed E-state index contributed by atoms with van der Waals surface area (Å²) in [6.07, 6.45) is 1.51. The minimum absolute atomic E-state index is 0.329. The number of morpholine rings is 1. The Morgan fingerprint density at radius 3 is 3.10 bits per heavy atom. The number of likely N-dealkylation sites (N-methyl/N-ethyl adjacent to an activating group) is 1. The zero-order valence-corrected chi connectivity index (χ0v) is 12.3. The van der Waals surface area contributed by atoms with Crippen molar-refractivity contribution in [2.75, 3.05) is 56.1 Å². The monoisotopic (exact) mass is 275 g/mol. The van der Waals surface area contributed by atoms with E-state index in [0.717, 1.165) is 45.9 Å². The number of hydrogen-bond donors (Lipinski definition) is 1. The Balaban J connectivity index is 1.70. The van der Waals surface area contributed by atoms with Crippen LogP contribution in [-0.4, -0.2) is 56.9 Å². The van der Waals surface area contributed by atoms with Crippen LogP contribution in [0.3, 0.4) is 0 Å². The molecule has 3 rings (SSSR count). The van der Waals surface area contributed by atoms with Gasteiger partial charge >= 0.3 is 0 Å². The van der Waals surface area contributed by atoms with Crippen LogP contribution in [0.5, 0.6) is 0 Å². The molecule has 0 aromatic heterocycles. The van der Waals surface area contributed by atoms with Crippen molar-refractivity contribution in [2.24, 2.45) is 0 Å². The van der Waals surface area contributed by atoms with Gasteiger partial charge in [0.25, 0.3) is 0 Å². The number of ether oxygens (including phenoxy) is 1. The van der Waals surface area contributed by atoms with E-state index in [1.165, 1.54) is 17.8 Å². The van der Waals surface area contributed by atoms with E-state index in [1.54, 1.807) is 0 Å². The summed E-state index contributed by atoms with van der Waals surface area (Å²) in [5, 5.41) is 3.52. The largest absolute Gasteiger partial charge is 0.383 e. The lowest BCUT2D eigenvalue weighted by molar-refractivity contribution is -0.0220. The number of nitrogens with one attached hydrogen (secondary N) is 1. The first-order valence-electron chi connectivity index (χ1n) is 7.78. The van der Waals surface area contributed by atoms with E-state index < -0.39 is 0 Å².